The maximum atomic E-state index is 5.65. The molecule has 0 N–H and O–H groups in total. The molecule has 0 bridgehead atoms. The van der Waals surface area contributed by atoms with E-state index in [0.29, 0.717) is 11.7 Å². The standard InChI is InChI=1S/C10H16N2O2/c1-7-11-9(14-12-7)6-8-10(2,3)4-5-13-8/h8H,4-6H2,1-3H3. The first kappa shape index (κ1) is 9.65. The Balaban J connectivity index is 2.04. The van der Waals surface area contributed by atoms with Crippen LogP contribution in [0.4, 0.5) is 0 Å². The number of aryl methyl sites for hydroxylation is 1. The number of hydrogen-bond acceptors (Lipinski definition) is 4. The van der Waals surface area contributed by atoms with Crippen molar-refractivity contribution >= 4 is 0 Å². The van der Waals surface area contributed by atoms with Crippen LogP contribution in [0, 0.1) is 12.3 Å². The highest BCUT2D eigenvalue weighted by atomic mass is 16.5. The summed E-state index contributed by atoms with van der Waals surface area (Å²) in [5, 5.41) is 3.76. The molecule has 4 nitrogen and oxygen atoms in total. The minimum atomic E-state index is 0.211. The third-order valence-corrected chi connectivity index (χ3v) is 2.87. The zero-order chi connectivity index (χ0) is 10.2. The molecule has 2 rings (SSSR count). The van der Waals surface area contributed by atoms with Gasteiger partial charge in [-0.25, -0.2) is 0 Å². The van der Waals surface area contributed by atoms with Gasteiger partial charge in [-0.3, -0.25) is 0 Å². The highest BCUT2D eigenvalue weighted by Crippen LogP contribution is 2.35. The van der Waals surface area contributed by atoms with Crippen molar-refractivity contribution in [3.8, 4) is 0 Å². The quantitative estimate of drug-likeness (QED) is 0.722. The lowest BCUT2D eigenvalue weighted by atomic mass is 9.84. The number of hydrogen-bond donors (Lipinski definition) is 0. The van der Waals surface area contributed by atoms with E-state index in [-0.39, 0.29) is 11.5 Å². The van der Waals surface area contributed by atoms with Crippen LogP contribution in [0.5, 0.6) is 0 Å². The molecule has 14 heavy (non-hydrogen) atoms. The molecular weight excluding hydrogens is 180 g/mol. The molecule has 0 amide bonds. The maximum Gasteiger partial charge on any atom is 0.229 e. The van der Waals surface area contributed by atoms with Crippen molar-refractivity contribution in [2.75, 3.05) is 6.61 Å². The summed E-state index contributed by atoms with van der Waals surface area (Å²) in [5.41, 5.74) is 0.225. The van der Waals surface area contributed by atoms with Crippen molar-refractivity contribution in [3.63, 3.8) is 0 Å². The van der Waals surface area contributed by atoms with E-state index in [0.717, 1.165) is 19.4 Å². The first-order valence-electron chi connectivity index (χ1n) is 4.99. The van der Waals surface area contributed by atoms with Gasteiger partial charge in [0.25, 0.3) is 0 Å². The van der Waals surface area contributed by atoms with Gasteiger partial charge in [-0.15, -0.1) is 0 Å². The Morgan fingerprint density at radius 1 is 1.50 bits per heavy atom. The fourth-order valence-electron chi connectivity index (χ4n) is 1.77. The highest BCUT2D eigenvalue weighted by molar-refractivity contribution is 4.93. The van der Waals surface area contributed by atoms with Crippen LogP contribution in [0.25, 0.3) is 0 Å². The monoisotopic (exact) mass is 196 g/mol. The zero-order valence-corrected chi connectivity index (χ0v) is 8.91. The molecular formula is C10H16N2O2. The molecule has 0 spiro atoms. The maximum absolute atomic E-state index is 5.65. The summed E-state index contributed by atoms with van der Waals surface area (Å²) in [4.78, 5) is 4.18. The number of nitrogens with zero attached hydrogens (tertiary/aromatic N) is 2. The van der Waals surface area contributed by atoms with Gasteiger partial charge in [-0.2, -0.15) is 4.98 Å². The van der Waals surface area contributed by atoms with Gasteiger partial charge in [-0.1, -0.05) is 19.0 Å². The fraction of sp³-hybridized carbons (Fsp3) is 0.800. The van der Waals surface area contributed by atoms with Crippen molar-refractivity contribution < 1.29 is 9.26 Å². The van der Waals surface area contributed by atoms with Gasteiger partial charge in [-0.05, 0) is 18.8 Å². The van der Waals surface area contributed by atoms with Gasteiger partial charge in [0.05, 0.1) is 12.5 Å². The Labute approximate surface area is 83.6 Å². The van der Waals surface area contributed by atoms with E-state index in [1.54, 1.807) is 0 Å². The third-order valence-electron chi connectivity index (χ3n) is 2.87. The topological polar surface area (TPSA) is 48.2 Å². The molecule has 1 fully saturated rings. The Morgan fingerprint density at radius 2 is 2.29 bits per heavy atom. The van der Waals surface area contributed by atoms with Gasteiger partial charge in [0, 0.05) is 6.61 Å². The minimum Gasteiger partial charge on any atom is -0.377 e. The average molecular weight is 196 g/mol. The fourth-order valence-corrected chi connectivity index (χ4v) is 1.77. The van der Waals surface area contributed by atoms with Gasteiger partial charge in [0.15, 0.2) is 5.82 Å². The molecule has 1 saturated heterocycles. The predicted molar refractivity (Wildman–Crippen MR) is 50.9 cm³/mol. The van der Waals surface area contributed by atoms with E-state index in [9.17, 15) is 0 Å². The van der Waals surface area contributed by atoms with E-state index < -0.39 is 0 Å². The number of aromatic nitrogens is 2. The second kappa shape index (κ2) is 3.35. The molecule has 1 unspecified atom stereocenters. The Morgan fingerprint density at radius 3 is 2.79 bits per heavy atom. The van der Waals surface area contributed by atoms with Crippen LogP contribution in [0.15, 0.2) is 4.52 Å². The molecule has 1 aromatic heterocycles. The van der Waals surface area contributed by atoms with Crippen LogP contribution >= 0.6 is 0 Å². The summed E-state index contributed by atoms with van der Waals surface area (Å²) < 4.78 is 10.7. The molecule has 1 atom stereocenters. The molecule has 0 aliphatic carbocycles. The first-order valence-corrected chi connectivity index (χ1v) is 4.99. The minimum absolute atomic E-state index is 0.211. The molecule has 4 heteroatoms. The van der Waals surface area contributed by atoms with Crippen LogP contribution < -0.4 is 0 Å². The molecule has 78 valence electrons. The largest absolute Gasteiger partial charge is 0.377 e. The van der Waals surface area contributed by atoms with E-state index >= 15 is 0 Å². The van der Waals surface area contributed by atoms with Crippen molar-refractivity contribution in [2.24, 2.45) is 5.41 Å². The van der Waals surface area contributed by atoms with E-state index in [1.807, 2.05) is 6.92 Å². The molecule has 0 aromatic carbocycles. The summed E-state index contributed by atoms with van der Waals surface area (Å²) >= 11 is 0. The van der Waals surface area contributed by atoms with E-state index in [1.165, 1.54) is 0 Å². The summed E-state index contributed by atoms with van der Waals surface area (Å²) in [6.07, 6.45) is 2.04. The molecule has 1 aliphatic rings. The number of rotatable bonds is 2. The van der Waals surface area contributed by atoms with Crippen LogP contribution in [0.1, 0.15) is 32.0 Å². The van der Waals surface area contributed by atoms with Gasteiger partial charge >= 0.3 is 0 Å². The van der Waals surface area contributed by atoms with Crippen molar-refractivity contribution in [1.29, 1.82) is 0 Å². The Bertz CT molecular complexity index is 320. The van der Waals surface area contributed by atoms with Crippen LogP contribution in [0.3, 0.4) is 0 Å². The van der Waals surface area contributed by atoms with Crippen LogP contribution in [-0.2, 0) is 11.2 Å². The van der Waals surface area contributed by atoms with E-state index in [4.69, 9.17) is 9.26 Å². The lowest BCUT2D eigenvalue weighted by molar-refractivity contribution is 0.0578. The SMILES string of the molecule is Cc1noc(CC2OCCC2(C)C)n1. The summed E-state index contributed by atoms with van der Waals surface area (Å²) in [6, 6.07) is 0. The molecule has 0 saturated carbocycles. The van der Waals surface area contributed by atoms with E-state index in [2.05, 4.69) is 24.0 Å². The summed E-state index contributed by atoms with van der Waals surface area (Å²) in [7, 11) is 0. The van der Waals surface area contributed by atoms with Crippen LogP contribution in [-0.4, -0.2) is 22.9 Å². The Kier molecular flexibility index (Phi) is 2.31. The van der Waals surface area contributed by atoms with Crippen molar-refractivity contribution in [2.45, 2.75) is 39.7 Å². The average Bonchev–Trinajstić information content (AvgIpc) is 2.61. The lowest BCUT2D eigenvalue weighted by Gasteiger charge is -2.23. The smallest absolute Gasteiger partial charge is 0.229 e. The molecule has 2 heterocycles. The van der Waals surface area contributed by atoms with Crippen molar-refractivity contribution in [3.05, 3.63) is 11.7 Å². The number of ether oxygens (including phenoxy) is 1. The normalized spacial score (nSPS) is 25.5. The van der Waals surface area contributed by atoms with Crippen molar-refractivity contribution in [1.82, 2.24) is 10.1 Å². The highest BCUT2D eigenvalue weighted by Gasteiger charge is 2.36. The summed E-state index contributed by atoms with van der Waals surface area (Å²) in [5.74, 6) is 1.37. The van der Waals surface area contributed by atoms with Gasteiger partial charge < -0.3 is 9.26 Å². The third kappa shape index (κ3) is 1.80. The van der Waals surface area contributed by atoms with Gasteiger partial charge in [0.1, 0.15) is 0 Å². The molecule has 1 aromatic rings. The lowest BCUT2D eigenvalue weighted by Crippen LogP contribution is -2.26. The molecule has 1 aliphatic heterocycles. The summed E-state index contributed by atoms with van der Waals surface area (Å²) in [6.45, 7) is 7.10. The Hall–Kier alpha value is -0.900. The predicted octanol–water partition coefficient (Wildman–Crippen LogP) is 1.74. The van der Waals surface area contributed by atoms with Gasteiger partial charge in [0.2, 0.25) is 5.89 Å². The first-order chi connectivity index (χ1) is 6.58. The van der Waals surface area contributed by atoms with Crippen LogP contribution in [0.2, 0.25) is 0 Å². The zero-order valence-electron chi connectivity index (χ0n) is 8.91. The second-order valence-corrected chi connectivity index (χ2v) is 4.54. The second-order valence-electron chi connectivity index (χ2n) is 4.54. The molecule has 0 radical (unpaired) electrons.